The first-order valence-corrected chi connectivity index (χ1v) is 5.26. The third kappa shape index (κ3) is 1.35. The molecule has 0 bridgehead atoms. The lowest BCUT2D eigenvalue weighted by atomic mass is 9.87. The Bertz CT molecular complexity index is 428. The fourth-order valence-electron chi connectivity index (χ4n) is 2.56. The molecule has 2 N–H and O–H groups in total. The highest BCUT2D eigenvalue weighted by molar-refractivity contribution is 5.42. The number of nitrogens with zero attached hydrogens (tertiary/aromatic N) is 1. The highest BCUT2D eigenvalue weighted by Gasteiger charge is 2.60. The van der Waals surface area contributed by atoms with E-state index >= 15 is 0 Å². The molecule has 1 aliphatic rings. The van der Waals surface area contributed by atoms with Crippen molar-refractivity contribution in [3.8, 4) is 6.07 Å². The largest absolute Gasteiger partial charge is 0.330 e. The van der Waals surface area contributed by atoms with Crippen molar-refractivity contribution in [1.82, 2.24) is 0 Å². The minimum absolute atomic E-state index is 0.0971. The van der Waals surface area contributed by atoms with Gasteiger partial charge in [0.15, 0.2) is 0 Å². The third-order valence-corrected chi connectivity index (χ3v) is 3.81. The average Bonchev–Trinajstić information content (AvgIpc) is 2.82. The van der Waals surface area contributed by atoms with Gasteiger partial charge in [-0.25, -0.2) is 0 Å². The predicted molar refractivity (Wildman–Crippen MR) is 60.3 cm³/mol. The van der Waals surface area contributed by atoms with E-state index in [1.165, 1.54) is 5.56 Å². The summed E-state index contributed by atoms with van der Waals surface area (Å²) in [6.07, 6.45) is 1.12. The maximum absolute atomic E-state index is 8.87. The van der Waals surface area contributed by atoms with Crippen LogP contribution < -0.4 is 5.73 Å². The zero-order valence-electron chi connectivity index (χ0n) is 9.25. The van der Waals surface area contributed by atoms with Gasteiger partial charge in [0, 0.05) is 12.0 Å². The van der Waals surface area contributed by atoms with E-state index in [1.54, 1.807) is 0 Å². The molecular weight excluding hydrogens is 184 g/mol. The van der Waals surface area contributed by atoms with Crippen LogP contribution in [0.15, 0.2) is 24.3 Å². The molecule has 1 saturated carbocycles. The van der Waals surface area contributed by atoms with Crippen molar-refractivity contribution >= 4 is 0 Å². The van der Waals surface area contributed by atoms with Crippen molar-refractivity contribution < 1.29 is 0 Å². The molecule has 2 heteroatoms. The van der Waals surface area contributed by atoms with Crippen LogP contribution in [0.3, 0.4) is 0 Å². The fourth-order valence-corrected chi connectivity index (χ4v) is 2.56. The van der Waals surface area contributed by atoms with Crippen LogP contribution in [0, 0.1) is 16.7 Å². The van der Waals surface area contributed by atoms with Crippen molar-refractivity contribution in [3.05, 3.63) is 35.4 Å². The van der Waals surface area contributed by atoms with Crippen LogP contribution in [0.5, 0.6) is 0 Å². The van der Waals surface area contributed by atoms with Gasteiger partial charge in [-0.2, -0.15) is 5.26 Å². The summed E-state index contributed by atoms with van der Waals surface area (Å²) in [6.45, 7) is 5.13. The molecule has 0 aliphatic heterocycles. The molecule has 1 aromatic carbocycles. The maximum Gasteiger partial charge on any atom is 0.0991 e. The van der Waals surface area contributed by atoms with Crippen LogP contribution >= 0.6 is 0 Å². The molecule has 78 valence electrons. The standard InChI is InChI=1S/C13H16N2/c1-12(2)8-13(12,9-15)11-5-3-4-10(6-11)7-14/h3-6H,8-9,15H2,1-2H3. The number of rotatable bonds is 2. The fraction of sp³-hybridized carbons (Fsp3) is 0.462. The molecule has 0 radical (unpaired) electrons. The highest BCUT2D eigenvalue weighted by atomic mass is 14.7. The minimum Gasteiger partial charge on any atom is -0.330 e. The molecule has 0 saturated heterocycles. The second kappa shape index (κ2) is 3.08. The summed E-state index contributed by atoms with van der Waals surface area (Å²) in [7, 11) is 0. The van der Waals surface area contributed by atoms with Crippen LogP contribution in [0.4, 0.5) is 0 Å². The molecular formula is C13H16N2. The van der Waals surface area contributed by atoms with Gasteiger partial charge in [-0.1, -0.05) is 26.0 Å². The monoisotopic (exact) mass is 200 g/mol. The average molecular weight is 200 g/mol. The lowest BCUT2D eigenvalue weighted by Gasteiger charge is -2.19. The Labute approximate surface area is 90.7 Å². The van der Waals surface area contributed by atoms with Crippen LogP contribution in [0.25, 0.3) is 0 Å². The van der Waals surface area contributed by atoms with E-state index < -0.39 is 0 Å². The first-order chi connectivity index (χ1) is 7.05. The second-order valence-corrected chi connectivity index (χ2v) is 5.04. The van der Waals surface area contributed by atoms with Gasteiger partial charge in [0.2, 0.25) is 0 Å². The van der Waals surface area contributed by atoms with Crippen LogP contribution in [-0.2, 0) is 5.41 Å². The molecule has 1 fully saturated rings. The second-order valence-electron chi connectivity index (χ2n) is 5.04. The molecule has 0 aromatic heterocycles. The Hall–Kier alpha value is -1.33. The van der Waals surface area contributed by atoms with Crippen molar-refractivity contribution in [2.45, 2.75) is 25.7 Å². The molecule has 0 amide bonds. The minimum atomic E-state index is 0.0971. The Balaban J connectivity index is 2.43. The number of hydrogen-bond donors (Lipinski definition) is 1. The number of benzene rings is 1. The quantitative estimate of drug-likeness (QED) is 0.795. The van der Waals surface area contributed by atoms with Crippen molar-refractivity contribution in [3.63, 3.8) is 0 Å². The van der Waals surface area contributed by atoms with Gasteiger partial charge in [-0.15, -0.1) is 0 Å². The summed E-state index contributed by atoms with van der Waals surface area (Å²) in [5, 5.41) is 8.87. The normalized spacial score (nSPS) is 27.1. The SMILES string of the molecule is CC1(C)CC1(CN)c1cccc(C#N)c1. The Kier molecular flexibility index (Phi) is 2.09. The van der Waals surface area contributed by atoms with Crippen molar-refractivity contribution in [1.29, 1.82) is 5.26 Å². The first-order valence-electron chi connectivity index (χ1n) is 5.26. The van der Waals surface area contributed by atoms with Gasteiger partial charge in [0.25, 0.3) is 0 Å². The molecule has 2 nitrogen and oxygen atoms in total. The summed E-state index contributed by atoms with van der Waals surface area (Å²) in [5.74, 6) is 0. The lowest BCUT2D eigenvalue weighted by molar-refractivity contribution is 0.503. The van der Waals surface area contributed by atoms with E-state index in [0.29, 0.717) is 6.54 Å². The van der Waals surface area contributed by atoms with E-state index in [-0.39, 0.29) is 10.8 Å². The van der Waals surface area contributed by atoms with Crippen molar-refractivity contribution in [2.75, 3.05) is 6.54 Å². The molecule has 1 aromatic rings. The van der Waals surface area contributed by atoms with Gasteiger partial charge in [-0.05, 0) is 29.5 Å². The molecule has 1 atom stereocenters. The zero-order chi connectivity index (χ0) is 11.1. The third-order valence-electron chi connectivity index (χ3n) is 3.81. The molecule has 0 heterocycles. The number of hydrogen-bond acceptors (Lipinski definition) is 2. The van der Waals surface area contributed by atoms with Gasteiger partial charge < -0.3 is 5.73 Å². The van der Waals surface area contributed by atoms with Gasteiger partial charge in [0.1, 0.15) is 0 Å². The lowest BCUT2D eigenvalue weighted by Crippen LogP contribution is -2.25. The number of nitriles is 1. The maximum atomic E-state index is 8.87. The van der Waals surface area contributed by atoms with Gasteiger partial charge in [0.05, 0.1) is 11.6 Å². The summed E-state index contributed by atoms with van der Waals surface area (Å²) >= 11 is 0. The summed E-state index contributed by atoms with van der Waals surface area (Å²) in [5.41, 5.74) is 8.20. The van der Waals surface area contributed by atoms with Crippen molar-refractivity contribution in [2.24, 2.45) is 11.1 Å². The predicted octanol–water partition coefficient (Wildman–Crippen LogP) is 2.18. The highest BCUT2D eigenvalue weighted by Crippen LogP contribution is 2.63. The van der Waals surface area contributed by atoms with E-state index in [0.717, 1.165) is 12.0 Å². The summed E-state index contributed by atoms with van der Waals surface area (Å²) in [4.78, 5) is 0. The number of nitrogens with two attached hydrogens (primary N) is 1. The topological polar surface area (TPSA) is 49.8 Å². The first kappa shape index (κ1) is 10.2. The summed E-state index contributed by atoms with van der Waals surface area (Å²) < 4.78 is 0. The van der Waals surface area contributed by atoms with Crippen LogP contribution in [0.2, 0.25) is 0 Å². The van der Waals surface area contributed by atoms with E-state index in [4.69, 9.17) is 11.0 Å². The van der Waals surface area contributed by atoms with Gasteiger partial charge >= 0.3 is 0 Å². The molecule has 2 rings (SSSR count). The van der Waals surface area contributed by atoms with E-state index in [9.17, 15) is 0 Å². The van der Waals surface area contributed by atoms with Crippen LogP contribution in [0.1, 0.15) is 31.4 Å². The molecule has 1 unspecified atom stereocenters. The molecule has 0 spiro atoms. The molecule has 1 aliphatic carbocycles. The molecule has 15 heavy (non-hydrogen) atoms. The smallest absolute Gasteiger partial charge is 0.0991 e. The van der Waals surface area contributed by atoms with Gasteiger partial charge in [-0.3, -0.25) is 0 Å². The Morgan fingerprint density at radius 1 is 1.47 bits per heavy atom. The summed E-state index contributed by atoms with van der Waals surface area (Å²) in [6, 6.07) is 10.0. The van der Waals surface area contributed by atoms with Crippen LogP contribution in [-0.4, -0.2) is 6.54 Å². The Morgan fingerprint density at radius 2 is 2.13 bits per heavy atom. The zero-order valence-corrected chi connectivity index (χ0v) is 9.25. The van der Waals surface area contributed by atoms with E-state index in [2.05, 4.69) is 26.0 Å². The van der Waals surface area contributed by atoms with E-state index in [1.807, 2.05) is 18.2 Å². The Morgan fingerprint density at radius 3 is 2.60 bits per heavy atom.